The van der Waals surface area contributed by atoms with Crippen LogP contribution < -0.4 is 16.0 Å². The van der Waals surface area contributed by atoms with E-state index < -0.39 is 11.9 Å². The molecule has 1 aliphatic rings. The molecule has 1 heterocycles. The second-order valence-corrected chi connectivity index (χ2v) is 6.08. The summed E-state index contributed by atoms with van der Waals surface area (Å²) >= 11 is 0. The van der Waals surface area contributed by atoms with Gasteiger partial charge in [0.15, 0.2) is 0 Å². The van der Waals surface area contributed by atoms with E-state index in [1.54, 1.807) is 11.0 Å². The van der Waals surface area contributed by atoms with E-state index in [-0.39, 0.29) is 11.7 Å². The van der Waals surface area contributed by atoms with Gasteiger partial charge < -0.3 is 16.0 Å². The van der Waals surface area contributed by atoms with Crippen LogP contribution in [0.3, 0.4) is 0 Å². The molecule has 0 spiro atoms. The zero-order chi connectivity index (χ0) is 17.8. The second kappa shape index (κ2) is 7.34. The molecule has 0 radical (unpaired) electrons. The first-order valence-electron chi connectivity index (χ1n) is 8.26. The van der Waals surface area contributed by atoms with Gasteiger partial charge in [0.05, 0.1) is 0 Å². The van der Waals surface area contributed by atoms with Gasteiger partial charge in [-0.2, -0.15) is 0 Å². The molecule has 2 aromatic rings. The third kappa shape index (κ3) is 3.96. The van der Waals surface area contributed by atoms with E-state index in [1.165, 1.54) is 24.3 Å². The van der Waals surface area contributed by atoms with Crippen LogP contribution in [-0.2, 0) is 9.59 Å². The van der Waals surface area contributed by atoms with Crippen molar-refractivity contribution in [3.63, 3.8) is 0 Å². The summed E-state index contributed by atoms with van der Waals surface area (Å²) < 4.78 is 13.1. The average Bonchev–Trinajstić information content (AvgIpc) is 2.61. The van der Waals surface area contributed by atoms with Crippen LogP contribution in [0.25, 0.3) is 0 Å². The Bertz CT molecular complexity index is 776. The molecule has 0 aromatic heterocycles. The summed E-state index contributed by atoms with van der Waals surface area (Å²) in [6.45, 7) is 0.694. The first kappa shape index (κ1) is 17.0. The van der Waals surface area contributed by atoms with Crippen molar-refractivity contribution in [1.29, 1.82) is 0 Å². The zero-order valence-corrected chi connectivity index (χ0v) is 13.7. The van der Waals surface area contributed by atoms with Gasteiger partial charge in [-0.05, 0) is 48.7 Å². The van der Waals surface area contributed by atoms with E-state index in [0.29, 0.717) is 24.2 Å². The number of nitrogens with one attached hydrogen (secondary N) is 1. The highest BCUT2D eigenvalue weighted by atomic mass is 19.1. The Kier molecular flexibility index (Phi) is 4.97. The van der Waals surface area contributed by atoms with Crippen molar-refractivity contribution in [1.82, 2.24) is 0 Å². The van der Waals surface area contributed by atoms with Crippen LogP contribution in [0.1, 0.15) is 30.9 Å². The molecular weight excluding hydrogens is 321 g/mol. The molecule has 2 amide bonds. The lowest BCUT2D eigenvalue weighted by atomic mass is 10.1. The quantitative estimate of drug-likeness (QED) is 0.878. The number of benzene rings is 2. The minimum Gasteiger partial charge on any atom is -0.370 e. The van der Waals surface area contributed by atoms with Crippen LogP contribution in [0.2, 0.25) is 0 Å². The summed E-state index contributed by atoms with van der Waals surface area (Å²) in [5.41, 5.74) is 7.53. The topological polar surface area (TPSA) is 75.4 Å². The van der Waals surface area contributed by atoms with Crippen molar-refractivity contribution in [3.8, 4) is 0 Å². The molecule has 0 aliphatic carbocycles. The summed E-state index contributed by atoms with van der Waals surface area (Å²) in [4.78, 5) is 25.7. The standard InChI is InChI=1S/C19H20FN3O2/c20-14-9-7-13(8-10-14)18(19(21)25)22-15-4-3-5-16(12-15)23-11-2-1-6-17(23)24/h3-5,7-10,12,18,22H,1-2,6,11H2,(H2,21,25)/t18-/m1/s1. The Morgan fingerprint density at radius 1 is 1.16 bits per heavy atom. The van der Waals surface area contributed by atoms with Crippen LogP contribution in [-0.4, -0.2) is 18.4 Å². The van der Waals surface area contributed by atoms with Crippen LogP contribution in [0.4, 0.5) is 15.8 Å². The van der Waals surface area contributed by atoms with E-state index in [9.17, 15) is 14.0 Å². The number of amides is 2. The molecule has 6 heteroatoms. The molecule has 2 aromatic carbocycles. The SMILES string of the molecule is NC(=O)[C@H](Nc1cccc(N2CCCCC2=O)c1)c1ccc(F)cc1. The second-order valence-electron chi connectivity index (χ2n) is 6.08. The number of carbonyl (C=O) groups is 2. The molecule has 0 saturated carbocycles. The van der Waals surface area contributed by atoms with Gasteiger partial charge in [-0.3, -0.25) is 9.59 Å². The molecule has 0 bridgehead atoms. The third-order valence-electron chi connectivity index (χ3n) is 4.28. The highest BCUT2D eigenvalue weighted by molar-refractivity contribution is 5.94. The normalized spacial score (nSPS) is 15.7. The number of primary amides is 1. The summed E-state index contributed by atoms with van der Waals surface area (Å²) in [7, 11) is 0. The molecule has 3 N–H and O–H groups in total. The highest BCUT2D eigenvalue weighted by Crippen LogP contribution is 2.26. The lowest BCUT2D eigenvalue weighted by Crippen LogP contribution is -2.35. The van der Waals surface area contributed by atoms with Gasteiger partial charge >= 0.3 is 0 Å². The van der Waals surface area contributed by atoms with Gasteiger partial charge in [-0.25, -0.2) is 4.39 Å². The van der Waals surface area contributed by atoms with E-state index in [2.05, 4.69) is 5.32 Å². The third-order valence-corrected chi connectivity index (χ3v) is 4.28. The van der Waals surface area contributed by atoms with E-state index in [0.717, 1.165) is 18.5 Å². The number of nitrogens with two attached hydrogens (primary N) is 1. The molecule has 3 rings (SSSR count). The molecule has 0 unspecified atom stereocenters. The van der Waals surface area contributed by atoms with Crippen LogP contribution in [0.15, 0.2) is 48.5 Å². The fraction of sp³-hybridized carbons (Fsp3) is 0.263. The molecule has 130 valence electrons. The number of carbonyl (C=O) groups excluding carboxylic acids is 2. The fourth-order valence-corrected chi connectivity index (χ4v) is 2.98. The highest BCUT2D eigenvalue weighted by Gasteiger charge is 2.21. The van der Waals surface area contributed by atoms with E-state index in [1.807, 2.05) is 18.2 Å². The molecule has 5 nitrogen and oxygen atoms in total. The summed E-state index contributed by atoms with van der Waals surface area (Å²) in [5.74, 6) is -0.836. The number of rotatable bonds is 5. The molecular formula is C19H20FN3O2. The summed E-state index contributed by atoms with van der Waals surface area (Å²) in [6, 6.07) is 12.2. The predicted octanol–water partition coefficient (Wildman–Crippen LogP) is 2.98. The number of hydrogen-bond acceptors (Lipinski definition) is 3. The van der Waals surface area contributed by atoms with Crippen molar-refractivity contribution in [2.24, 2.45) is 5.73 Å². The Morgan fingerprint density at radius 2 is 1.92 bits per heavy atom. The monoisotopic (exact) mass is 341 g/mol. The first-order chi connectivity index (χ1) is 12.0. The Labute approximate surface area is 145 Å². The maximum absolute atomic E-state index is 13.1. The molecule has 1 fully saturated rings. The fourth-order valence-electron chi connectivity index (χ4n) is 2.98. The summed E-state index contributed by atoms with van der Waals surface area (Å²) in [5, 5.41) is 3.07. The molecule has 25 heavy (non-hydrogen) atoms. The van der Waals surface area contributed by atoms with Crippen molar-refractivity contribution < 1.29 is 14.0 Å². The van der Waals surface area contributed by atoms with Crippen LogP contribution in [0.5, 0.6) is 0 Å². The van der Waals surface area contributed by atoms with Gasteiger partial charge in [0.1, 0.15) is 11.9 Å². The van der Waals surface area contributed by atoms with Crippen LogP contribution >= 0.6 is 0 Å². The number of nitrogens with zero attached hydrogens (tertiary/aromatic N) is 1. The minimum absolute atomic E-state index is 0.105. The van der Waals surface area contributed by atoms with Crippen molar-refractivity contribution in [2.75, 3.05) is 16.8 Å². The van der Waals surface area contributed by atoms with E-state index >= 15 is 0 Å². The number of piperidine rings is 1. The lowest BCUT2D eigenvalue weighted by molar-refractivity contribution is -0.120. The largest absolute Gasteiger partial charge is 0.370 e. The Morgan fingerprint density at radius 3 is 2.60 bits per heavy atom. The molecule has 1 saturated heterocycles. The van der Waals surface area contributed by atoms with E-state index in [4.69, 9.17) is 5.73 Å². The predicted molar refractivity (Wildman–Crippen MR) is 94.6 cm³/mol. The number of halogens is 1. The molecule has 1 aliphatic heterocycles. The van der Waals surface area contributed by atoms with Gasteiger partial charge in [0.2, 0.25) is 11.8 Å². The van der Waals surface area contributed by atoms with Crippen LogP contribution in [0, 0.1) is 5.82 Å². The van der Waals surface area contributed by atoms with Gasteiger partial charge in [-0.15, -0.1) is 0 Å². The maximum atomic E-state index is 13.1. The van der Waals surface area contributed by atoms with Gasteiger partial charge in [-0.1, -0.05) is 18.2 Å². The first-order valence-corrected chi connectivity index (χ1v) is 8.26. The van der Waals surface area contributed by atoms with Gasteiger partial charge in [0.25, 0.3) is 0 Å². The number of hydrogen-bond donors (Lipinski definition) is 2. The van der Waals surface area contributed by atoms with Crippen molar-refractivity contribution >= 4 is 23.2 Å². The Hall–Kier alpha value is -2.89. The smallest absolute Gasteiger partial charge is 0.244 e. The Balaban J connectivity index is 1.83. The lowest BCUT2D eigenvalue weighted by Gasteiger charge is -2.27. The number of anilines is 2. The molecule has 1 atom stereocenters. The van der Waals surface area contributed by atoms with Crippen molar-refractivity contribution in [2.45, 2.75) is 25.3 Å². The zero-order valence-electron chi connectivity index (χ0n) is 13.7. The summed E-state index contributed by atoms with van der Waals surface area (Å²) in [6.07, 6.45) is 2.45. The van der Waals surface area contributed by atoms with Crippen molar-refractivity contribution in [3.05, 3.63) is 59.9 Å². The minimum atomic E-state index is -0.784. The average molecular weight is 341 g/mol. The van der Waals surface area contributed by atoms with Gasteiger partial charge in [0, 0.05) is 24.3 Å². The maximum Gasteiger partial charge on any atom is 0.244 e.